The molecule has 1 aromatic rings. The van der Waals surface area contributed by atoms with Crippen LogP contribution in [0.4, 0.5) is 0 Å². The maximum atomic E-state index is 12.9. The number of hydrogen-bond acceptors (Lipinski definition) is 3. The third kappa shape index (κ3) is 3.75. The molecule has 0 radical (unpaired) electrons. The molecule has 4 fully saturated rings. The number of nitrogens with zero attached hydrogens (tertiary/aromatic N) is 2. The number of carbonyl (C=O) groups is 1. The summed E-state index contributed by atoms with van der Waals surface area (Å²) >= 11 is 0. The number of carbonyl (C=O) groups excluding carboxylic acids is 1. The van der Waals surface area contributed by atoms with Gasteiger partial charge in [-0.1, -0.05) is 30.7 Å². The molecule has 4 heteroatoms. The minimum Gasteiger partial charge on any atom is -0.338 e. The van der Waals surface area contributed by atoms with Gasteiger partial charge in [0.15, 0.2) is 0 Å². The molecule has 1 amide bonds. The van der Waals surface area contributed by atoms with E-state index in [-0.39, 0.29) is 5.92 Å². The lowest BCUT2D eigenvalue weighted by molar-refractivity contribution is -0.141. The van der Waals surface area contributed by atoms with Gasteiger partial charge in [0, 0.05) is 32.2 Å². The van der Waals surface area contributed by atoms with Gasteiger partial charge in [0.2, 0.25) is 5.91 Å². The molecule has 1 aromatic carbocycles. The molecule has 3 heterocycles. The Morgan fingerprint density at radius 3 is 2.68 bits per heavy atom. The highest BCUT2D eigenvalue weighted by molar-refractivity contribution is 5.80. The molecule has 4 aliphatic rings. The minimum absolute atomic E-state index is 0.214. The first-order valence-corrected chi connectivity index (χ1v) is 10.0. The number of nitrogens with two attached hydrogens (primary N) is 1. The van der Waals surface area contributed by atoms with E-state index in [1.807, 2.05) is 0 Å². The summed E-state index contributed by atoms with van der Waals surface area (Å²) in [6.45, 7) is 4.63. The normalized spacial score (nSPS) is 27.4. The molecule has 25 heavy (non-hydrogen) atoms. The maximum absolute atomic E-state index is 12.9. The Hall–Kier alpha value is -1.39. The summed E-state index contributed by atoms with van der Waals surface area (Å²) in [7, 11) is 0. The van der Waals surface area contributed by atoms with E-state index in [2.05, 4.69) is 34.1 Å². The van der Waals surface area contributed by atoms with Gasteiger partial charge in [-0.2, -0.15) is 0 Å². The van der Waals surface area contributed by atoms with Crippen LogP contribution in [0.1, 0.15) is 43.2 Å². The van der Waals surface area contributed by atoms with Gasteiger partial charge in [0.05, 0.1) is 5.92 Å². The zero-order valence-electron chi connectivity index (χ0n) is 15.2. The Morgan fingerprint density at radius 1 is 1.08 bits per heavy atom. The number of piperidine rings is 1. The van der Waals surface area contributed by atoms with Crippen molar-refractivity contribution in [2.24, 2.45) is 17.6 Å². The van der Waals surface area contributed by atoms with Crippen molar-refractivity contribution in [3.05, 3.63) is 35.4 Å². The van der Waals surface area contributed by atoms with Crippen LogP contribution in [0.5, 0.6) is 0 Å². The van der Waals surface area contributed by atoms with Crippen LogP contribution in [0.15, 0.2) is 24.3 Å². The van der Waals surface area contributed by atoms with Crippen molar-refractivity contribution in [2.45, 2.75) is 51.1 Å². The van der Waals surface area contributed by atoms with Crippen molar-refractivity contribution in [1.29, 1.82) is 0 Å². The molecular formula is C21H31N3O. The molecule has 2 bridgehead atoms. The van der Waals surface area contributed by atoms with E-state index in [4.69, 9.17) is 5.73 Å². The lowest BCUT2D eigenvalue weighted by Crippen LogP contribution is -2.50. The largest absolute Gasteiger partial charge is 0.338 e. The maximum Gasteiger partial charge on any atom is 0.227 e. The summed E-state index contributed by atoms with van der Waals surface area (Å²) in [6.07, 6.45) is 7.19. The summed E-state index contributed by atoms with van der Waals surface area (Å²) in [6, 6.07) is 9.22. The average Bonchev–Trinajstić information content (AvgIpc) is 2.82. The van der Waals surface area contributed by atoms with Crippen molar-refractivity contribution in [3.8, 4) is 0 Å². The fourth-order valence-electron chi connectivity index (χ4n) is 4.76. The summed E-state index contributed by atoms with van der Waals surface area (Å²) in [5, 5.41) is 0. The van der Waals surface area contributed by atoms with E-state index in [0.717, 1.165) is 44.9 Å². The second kappa shape index (κ2) is 7.46. The SMILES string of the molecule is NCCc1cccc(CN2C[C@H]3CC[C@@H](C2)N(CC2CCC2)C3=O)c1. The van der Waals surface area contributed by atoms with Crippen LogP contribution in [0.25, 0.3) is 0 Å². The van der Waals surface area contributed by atoms with E-state index >= 15 is 0 Å². The van der Waals surface area contributed by atoms with Crippen LogP contribution in [0.3, 0.4) is 0 Å². The first-order valence-electron chi connectivity index (χ1n) is 10.0. The first kappa shape index (κ1) is 17.0. The summed E-state index contributed by atoms with van der Waals surface area (Å²) in [5.74, 6) is 1.42. The molecule has 1 aliphatic carbocycles. The molecular weight excluding hydrogens is 310 g/mol. The molecule has 0 unspecified atom stereocenters. The van der Waals surface area contributed by atoms with Crippen molar-refractivity contribution >= 4 is 5.91 Å². The fourth-order valence-corrected chi connectivity index (χ4v) is 4.76. The van der Waals surface area contributed by atoms with Crippen LogP contribution < -0.4 is 5.73 Å². The smallest absolute Gasteiger partial charge is 0.227 e. The van der Waals surface area contributed by atoms with Crippen molar-refractivity contribution in [2.75, 3.05) is 26.2 Å². The molecule has 4 nitrogen and oxygen atoms in total. The van der Waals surface area contributed by atoms with Crippen molar-refractivity contribution in [3.63, 3.8) is 0 Å². The van der Waals surface area contributed by atoms with Crippen LogP contribution >= 0.6 is 0 Å². The third-order valence-corrected chi connectivity index (χ3v) is 6.38. The van der Waals surface area contributed by atoms with Crippen LogP contribution in [0, 0.1) is 11.8 Å². The minimum atomic E-state index is 0.214. The molecule has 136 valence electrons. The average molecular weight is 341 g/mol. The first-order chi connectivity index (χ1) is 12.2. The molecule has 1 saturated carbocycles. The highest BCUT2D eigenvalue weighted by Crippen LogP contribution is 2.34. The Morgan fingerprint density at radius 2 is 1.92 bits per heavy atom. The van der Waals surface area contributed by atoms with Gasteiger partial charge in [-0.25, -0.2) is 0 Å². The monoisotopic (exact) mass is 341 g/mol. The second-order valence-electron chi connectivity index (χ2n) is 8.27. The number of fused-ring (bicyclic) bond motifs is 4. The Labute approximate surface area is 151 Å². The van der Waals surface area contributed by atoms with E-state index < -0.39 is 0 Å². The molecule has 0 spiro atoms. The summed E-state index contributed by atoms with van der Waals surface area (Å²) in [5.41, 5.74) is 8.37. The second-order valence-corrected chi connectivity index (χ2v) is 8.27. The van der Waals surface area contributed by atoms with Gasteiger partial charge in [-0.15, -0.1) is 0 Å². The van der Waals surface area contributed by atoms with Gasteiger partial charge in [-0.05, 0) is 55.7 Å². The van der Waals surface area contributed by atoms with Gasteiger partial charge >= 0.3 is 0 Å². The topological polar surface area (TPSA) is 49.6 Å². The van der Waals surface area contributed by atoms with Gasteiger partial charge in [0.25, 0.3) is 0 Å². The Balaban J connectivity index is 1.44. The van der Waals surface area contributed by atoms with E-state index in [9.17, 15) is 4.79 Å². The van der Waals surface area contributed by atoms with E-state index in [1.54, 1.807) is 0 Å². The van der Waals surface area contributed by atoms with E-state index in [1.165, 1.54) is 36.8 Å². The molecule has 3 aliphatic heterocycles. The van der Waals surface area contributed by atoms with Crippen LogP contribution in [-0.2, 0) is 17.8 Å². The predicted molar refractivity (Wildman–Crippen MR) is 100 cm³/mol. The Bertz CT molecular complexity index is 613. The zero-order valence-corrected chi connectivity index (χ0v) is 15.2. The molecule has 0 aromatic heterocycles. The lowest BCUT2D eigenvalue weighted by atomic mass is 9.83. The molecule has 3 saturated heterocycles. The Kier molecular flexibility index (Phi) is 5.09. The van der Waals surface area contributed by atoms with Crippen molar-refractivity contribution < 1.29 is 4.79 Å². The summed E-state index contributed by atoms with van der Waals surface area (Å²) in [4.78, 5) is 17.7. The highest BCUT2D eigenvalue weighted by Gasteiger charge is 2.41. The van der Waals surface area contributed by atoms with Gasteiger partial charge < -0.3 is 10.6 Å². The van der Waals surface area contributed by atoms with Gasteiger partial charge in [0.1, 0.15) is 0 Å². The third-order valence-electron chi connectivity index (χ3n) is 6.38. The summed E-state index contributed by atoms with van der Waals surface area (Å²) < 4.78 is 0. The number of rotatable bonds is 6. The lowest BCUT2D eigenvalue weighted by Gasteiger charge is -2.40. The fraction of sp³-hybridized carbons (Fsp3) is 0.667. The van der Waals surface area contributed by atoms with Crippen molar-refractivity contribution in [1.82, 2.24) is 9.80 Å². The highest BCUT2D eigenvalue weighted by atomic mass is 16.2. The predicted octanol–water partition coefficient (Wildman–Crippen LogP) is 2.41. The number of benzene rings is 1. The molecule has 5 rings (SSSR count). The van der Waals surface area contributed by atoms with E-state index in [0.29, 0.717) is 18.5 Å². The number of amides is 1. The van der Waals surface area contributed by atoms with Crippen LogP contribution in [0.2, 0.25) is 0 Å². The van der Waals surface area contributed by atoms with Gasteiger partial charge in [-0.3, -0.25) is 9.69 Å². The standard InChI is InChI=1S/C21H31N3O/c22-10-9-16-3-1-6-18(11-16)12-23-14-19-7-8-20(15-23)24(21(19)25)13-17-4-2-5-17/h1,3,6,11,17,19-20H,2,4-5,7-10,12-15,22H2/t19-,20+/m1/s1. The number of hydrogen-bond donors (Lipinski definition) is 1. The molecule has 2 N–H and O–H groups in total. The van der Waals surface area contributed by atoms with Crippen LogP contribution in [-0.4, -0.2) is 47.9 Å². The zero-order chi connectivity index (χ0) is 17.2. The molecule has 2 atom stereocenters. The quantitative estimate of drug-likeness (QED) is 0.864.